The van der Waals surface area contributed by atoms with Crippen LogP contribution in [0.25, 0.3) is 16.7 Å². The van der Waals surface area contributed by atoms with Gasteiger partial charge in [-0.05, 0) is 59.4 Å². The molecule has 0 bridgehead atoms. The van der Waals surface area contributed by atoms with E-state index >= 15 is 0 Å². The summed E-state index contributed by atoms with van der Waals surface area (Å²) < 4.78 is 0. The van der Waals surface area contributed by atoms with Crippen LogP contribution in [0, 0.1) is 11.3 Å². The quantitative estimate of drug-likeness (QED) is 0.401. The Kier molecular flexibility index (Phi) is 6.51. The molecule has 0 radical (unpaired) electrons. The topological polar surface area (TPSA) is 68.7 Å². The number of rotatable bonds is 6. The molecule has 0 aliphatic heterocycles. The highest BCUT2D eigenvalue weighted by molar-refractivity contribution is 5.79. The average Bonchev–Trinajstić information content (AvgIpc) is 2.88. The van der Waals surface area contributed by atoms with E-state index in [-0.39, 0.29) is 0 Å². The number of hydrogen-bond acceptors (Lipinski definition) is 4. The minimum absolute atomic E-state index is 0.294. The first-order valence-electron chi connectivity index (χ1n) is 11.3. The number of allylic oxidation sites excluding steroid dienone is 2. The van der Waals surface area contributed by atoms with E-state index in [9.17, 15) is 10.4 Å². The van der Waals surface area contributed by atoms with Crippen LogP contribution in [0.2, 0.25) is 0 Å². The monoisotopic (exact) mass is 433 g/mol. The zero-order chi connectivity index (χ0) is 23.3. The van der Waals surface area contributed by atoms with Gasteiger partial charge in [0.25, 0.3) is 0 Å². The summed E-state index contributed by atoms with van der Waals surface area (Å²) in [4.78, 5) is 0. The summed E-state index contributed by atoms with van der Waals surface area (Å²) in [5.41, 5.74) is 6.00. The standard InChI is InChI=1S/C29H27N3O/c1-3-22-18-21(20-30)14-16-25(22)27-17-15-24(33)19-29(27,4-2)32-31-28-13-9-8-12-26(28)23-10-6-5-7-11-23/h5-18,33H,3-4,19H2,1-2H3. The van der Waals surface area contributed by atoms with Crippen molar-refractivity contribution in [1.29, 1.82) is 5.26 Å². The molecule has 0 saturated heterocycles. The normalized spacial score (nSPS) is 18.0. The van der Waals surface area contributed by atoms with Crippen LogP contribution in [0.1, 0.15) is 43.4 Å². The Balaban J connectivity index is 1.81. The highest BCUT2D eigenvalue weighted by Gasteiger charge is 2.37. The minimum atomic E-state index is -0.694. The third kappa shape index (κ3) is 4.49. The Morgan fingerprint density at radius 2 is 1.70 bits per heavy atom. The second kappa shape index (κ2) is 9.67. The number of nitriles is 1. The molecule has 0 spiro atoms. The van der Waals surface area contributed by atoms with Gasteiger partial charge in [0.15, 0.2) is 0 Å². The summed E-state index contributed by atoms with van der Waals surface area (Å²) >= 11 is 0. The van der Waals surface area contributed by atoms with Gasteiger partial charge in [0.2, 0.25) is 0 Å². The van der Waals surface area contributed by atoms with E-state index < -0.39 is 5.54 Å². The molecule has 1 unspecified atom stereocenters. The summed E-state index contributed by atoms with van der Waals surface area (Å²) in [6.07, 6.45) is 5.55. The molecule has 1 aliphatic rings. The molecule has 33 heavy (non-hydrogen) atoms. The van der Waals surface area contributed by atoms with Gasteiger partial charge < -0.3 is 5.11 Å². The Morgan fingerprint density at radius 3 is 2.42 bits per heavy atom. The Bertz CT molecular complexity index is 1280. The highest BCUT2D eigenvalue weighted by atomic mass is 16.3. The van der Waals surface area contributed by atoms with Gasteiger partial charge in [-0.3, -0.25) is 0 Å². The summed E-state index contributed by atoms with van der Waals surface area (Å²) in [6, 6.07) is 26.1. The lowest BCUT2D eigenvalue weighted by Gasteiger charge is -2.33. The maximum Gasteiger partial charge on any atom is 0.114 e. The molecule has 4 heteroatoms. The smallest absolute Gasteiger partial charge is 0.114 e. The number of benzene rings is 3. The van der Waals surface area contributed by atoms with E-state index in [0.717, 1.165) is 39.9 Å². The first-order chi connectivity index (χ1) is 16.1. The summed E-state index contributed by atoms with van der Waals surface area (Å²) in [6.45, 7) is 4.16. The van der Waals surface area contributed by atoms with Gasteiger partial charge in [-0.25, -0.2) is 0 Å². The molecule has 1 aliphatic carbocycles. The van der Waals surface area contributed by atoms with Crippen LogP contribution in [0.3, 0.4) is 0 Å². The fourth-order valence-corrected chi connectivity index (χ4v) is 4.40. The molecule has 164 valence electrons. The molecule has 1 N–H and O–H groups in total. The van der Waals surface area contributed by atoms with Gasteiger partial charge in [-0.2, -0.15) is 15.5 Å². The largest absolute Gasteiger partial charge is 0.512 e. The maximum atomic E-state index is 10.5. The van der Waals surface area contributed by atoms with E-state index in [4.69, 9.17) is 10.2 Å². The van der Waals surface area contributed by atoms with E-state index in [1.54, 1.807) is 6.08 Å². The highest BCUT2D eigenvalue weighted by Crippen LogP contribution is 2.44. The first-order valence-corrected chi connectivity index (χ1v) is 11.3. The summed E-state index contributed by atoms with van der Waals surface area (Å²) in [7, 11) is 0. The number of hydrogen-bond donors (Lipinski definition) is 1. The Labute approximate surface area is 195 Å². The SMILES string of the molecule is CCc1cc(C#N)ccc1C1=CC=C(O)CC1(CC)N=Nc1ccccc1-c1ccccc1. The van der Waals surface area contributed by atoms with E-state index in [0.29, 0.717) is 24.2 Å². The molecular weight excluding hydrogens is 406 g/mol. The lowest BCUT2D eigenvalue weighted by Crippen LogP contribution is -2.30. The third-order valence-electron chi connectivity index (χ3n) is 6.25. The number of aryl methyl sites for hydroxylation is 1. The third-order valence-corrected chi connectivity index (χ3v) is 6.25. The van der Waals surface area contributed by atoms with Crippen LogP contribution < -0.4 is 0 Å². The van der Waals surface area contributed by atoms with Crippen molar-refractivity contribution in [3.8, 4) is 17.2 Å². The fraction of sp³-hybridized carbons (Fsp3) is 0.207. The minimum Gasteiger partial charge on any atom is -0.512 e. The Morgan fingerprint density at radius 1 is 0.939 bits per heavy atom. The second-order valence-electron chi connectivity index (χ2n) is 8.22. The van der Waals surface area contributed by atoms with Crippen molar-refractivity contribution in [3.63, 3.8) is 0 Å². The molecule has 0 heterocycles. The molecule has 0 amide bonds. The molecule has 4 rings (SSSR count). The van der Waals surface area contributed by atoms with Crippen molar-refractivity contribution >= 4 is 11.3 Å². The van der Waals surface area contributed by atoms with Crippen LogP contribution in [0.5, 0.6) is 0 Å². The van der Waals surface area contributed by atoms with Gasteiger partial charge in [0, 0.05) is 12.0 Å². The van der Waals surface area contributed by atoms with Crippen molar-refractivity contribution in [2.45, 2.75) is 38.6 Å². The molecule has 3 aromatic carbocycles. The van der Waals surface area contributed by atoms with Crippen LogP contribution in [-0.2, 0) is 6.42 Å². The molecule has 0 aromatic heterocycles. The van der Waals surface area contributed by atoms with Crippen LogP contribution in [0.15, 0.2) is 101 Å². The molecule has 0 saturated carbocycles. The second-order valence-corrected chi connectivity index (χ2v) is 8.22. The summed E-state index contributed by atoms with van der Waals surface area (Å²) in [5, 5.41) is 29.4. The molecule has 1 atom stereocenters. The zero-order valence-corrected chi connectivity index (χ0v) is 19.0. The first kappa shape index (κ1) is 22.2. The van der Waals surface area contributed by atoms with Crippen molar-refractivity contribution < 1.29 is 5.11 Å². The van der Waals surface area contributed by atoms with E-state index in [1.807, 2.05) is 66.7 Å². The molecule has 0 fully saturated rings. The van der Waals surface area contributed by atoms with Crippen molar-refractivity contribution in [2.24, 2.45) is 10.2 Å². The fourth-order valence-electron chi connectivity index (χ4n) is 4.40. The van der Waals surface area contributed by atoms with Gasteiger partial charge in [0.1, 0.15) is 5.54 Å². The van der Waals surface area contributed by atoms with Crippen LogP contribution in [-0.4, -0.2) is 10.6 Å². The average molecular weight is 434 g/mol. The number of azo groups is 1. The van der Waals surface area contributed by atoms with Crippen molar-refractivity contribution in [2.75, 3.05) is 0 Å². The van der Waals surface area contributed by atoms with Crippen LogP contribution in [0.4, 0.5) is 5.69 Å². The van der Waals surface area contributed by atoms with Gasteiger partial charge in [-0.15, -0.1) is 0 Å². The molecule has 3 aromatic rings. The molecular formula is C29H27N3O. The predicted octanol–water partition coefficient (Wildman–Crippen LogP) is 7.95. The lowest BCUT2D eigenvalue weighted by atomic mass is 9.76. The molecule has 4 nitrogen and oxygen atoms in total. The van der Waals surface area contributed by atoms with E-state index in [2.05, 4.69) is 32.0 Å². The van der Waals surface area contributed by atoms with Gasteiger partial charge >= 0.3 is 0 Å². The Hall–Kier alpha value is -3.97. The zero-order valence-electron chi connectivity index (χ0n) is 19.0. The van der Waals surface area contributed by atoms with Crippen molar-refractivity contribution in [3.05, 3.63) is 107 Å². The van der Waals surface area contributed by atoms with Crippen molar-refractivity contribution in [1.82, 2.24) is 0 Å². The number of nitrogens with zero attached hydrogens (tertiary/aromatic N) is 3. The number of aliphatic hydroxyl groups is 1. The number of aliphatic hydroxyl groups excluding tert-OH is 1. The van der Waals surface area contributed by atoms with Gasteiger partial charge in [0.05, 0.1) is 23.1 Å². The van der Waals surface area contributed by atoms with E-state index in [1.165, 1.54) is 0 Å². The van der Waals surface area contributed by atoms with Gasteiger partial charge in [-0.1, -0.05) is 74.5 Å². The maximum absolute atomic E-state index is 10.5. The van der Waals surface area contributed by atoms with Crippen LogP contribution >= 0.6 is 0 Å². The lowest BCUT2D eigenvalue weighted by molar-refractivity contribution is 0.342. The predicted molar refractivity (Wildman–Crippen MR) is 133 cm³/mol. The summed E-state index contributed by atoms with van der Waals surface area (Å²) in [5.74, 6) is 0.294.